The number of aryl methyl sites for hydroxylation is 1. The van der Waals surface area contributed by atoms with Gasteiger partial charge in [0, 0.05) is 30.7 Å². The van der Waals surface area contributed by atoms with E-state index in [9.17, 15) is 0 Å². The minimum atomic E-state index is 0.219. The first-order valence-corrected chi connectivity index (χ1v) is 6.76. The van der Waals surface area contributed by atoms with Crippen LogP contribution in [0.15, 0.2) is 48.9 Å². The van der Waals surface area contributed by atoms with Gasteiger partial charge in [-0.25, -0.2) is 4.98 Å². The van der Waals surface area contributed by atoms with Gasteiger partial charge in [0.25, 0.3) is 0 Å². The molecule has 0 saturated heterocycles. The molecular weight excluding hydrogens is 248 g/mol. The second kappa shape index (κ2) is 5.43. The molecule has 4 heteroatoms. The van der Waals surface area contributed by atoms with E-state index in [0.29, 0.717) is 0 Å². The second-order valence-corrected chi connectivity index (χ2v) is 4.97. The number of pyridine rings is 1. The van der Waals surface area contributed by atoms with Gasteiger partial charge >= 0.3 is 0 Å². The van der Waals surface area contributed by atoms with Crippen LogP contribution in [0.25, 0.3) is 10.9 Å². The van der Waals surface area contributed by atoms with E-state index in [2.05, 4.69) is 34.6 Å². The molecule has 0 saturated carbocycles. The molecular formula is C16H18N4. The van der Waals surface area contributed by atoms with Gasteiger partial charge in [0.1, 0.15) is 0 Å². The Morgan fingerprint density at radius 1 is 1.20 bits per heavy atom. The number of nitrogens with zero attached hydrogens (tertiary/aromatic N) is 3. The summed E-state index contributed by atoms with van der Waals surface area (Å²) in [4.78, 5) is 8.92. The molecule has 0 bridgehead atoms. The second-order valence-electron chi connectivity index (χ2n) is 4.97. The average Bonchev–Trinajstić information content (AvgIpc) is 2.91. The fourth-order valence-electron chi connectivity index (χ4n) is 2.49. The summed E-state index contributed by atoms with van der Waals surface area (Å²) in [6.07, 6.45) is 4.58. The molecule has 0 amide bonds. The lowest BCUT2D eigenvalue weighted by Gasteiger charge is -2.16. The minimum absolute atomic E-state index is 0.219. The maximum atomic E-state index is 4.73. The van der Waals surface area contributed by atoms with Gasteiger partial charge in [0.05, 0.1) is 23.6 Å². The number of para-hydroxylation sites is 1. The number of fused-ring (bicyclic) bond motifs is 1. The van der Waals surface area contributed by atoms with Crippen molar-refractivity contribution in [3.05, 3.63) is 60.3 Å². The Hall–Kier alpha value is -2.20. The molecule has 4 nitrogen and oxygen atoms in total. The topological polar surface area (TPSA) is 42.7 Å². The fourth-order valence-corrected chi connectivity index (χ4v) is 2.49. The minimum Gasteiger partial charge on any atom is -0.336 e. The molecule has 20 heavy (non-hydrogen) atoms. The smallest absolute Gasteiger partial charge is 0.0946 e. The third-order valence-corrected chi connectivity index (χ3v) is 3.63. The zero-order valence-corrected chi connectivity index (χ0v) is 11.7. The molecule has 0 aliphatic rings. The zero-order chi connectivity index (χ0) is 13.9. The summed E-state index contributed by atoms with van der Waals surface area (Å²) < 4.78 is 2.04. The predicted molar refractivity (Wildman–Crippen MR) is 80.5 cm³/mol. The number of aromatic nitrogens is 3. The molecule has 102 valence electrons. The summed E-state index contributed by atoms with van der Waals surface area (Å²) in [6, 6.07) is 12.7. The van der Waals surface area contributed by atoms with Gasteiger partial charge < -0.3 is 9.88 Å². The standard InChI is InChI=1S/C16H18N4/c1-17-15(16-10-18-11-20(16)2)9-13-8-7-12-5-3-4-6-14(12)19-13/h3-8,10-11,15,17H,9H2,1-2H3. The molecule has 3 aromatic rings. The Kier molecular flexibility index (Phi) is 3.48. The summed E-state index contributed by atoms with van der Waals surface area (Å²) in [5.41, 5.74) is 3.30. The van der Waals surface area contributed by atoms with Crippen molar-refractivity contribution in [2.45, 2.75) is 12.5 Å². The largest absolute Gasteiger partial charge is 0.336 e. The summed E-state index contributed by atoms with van der Waals surface area (Å²) >= 11 is 0. The fraction of sp³-hybridized carbons (Fsp3) is 0.250. The Bertz CT molecular complexity index is 717. The van der Waals surface area contributed by atoms with Crippen LogP contribution in [0.4, 0.5) is 0 Å². The molecule has 0 aliphatic carbocycles. The highest BCUT2D eigenvalue weighted by Gasteiger charge is 2.14. The third kappa shape index (κ3) is 2.42. The monoisotopic (exact) mass is 266 g/mol. The van der Waals surface area contributed by atoms with E-state index in [4.69, 9.17) is 4.98 Å². The molecule has 2 heterocycles. The Morgan fingerprint density at radius 2 is 2.05 bits per heavy atom. The van der Waals surface area contributed by atoms with Crippen LogP contribution in [0.3, 0.4) is 0 Å². The van der Waals surface area contributed by atoms with Crippen LogP contribution >= 0.6 is 0 Å². The van der Waals surface area contributed by atoms with Crippen LogP contribution in [-0.2, 0) is 13.5 Å². The molecule has 0 aliphatic heterocycles. The van der Waals surface area contributed by atoms with Crippen LogP contribution < -0.4 is 5.32 Å². The van der Waals surface area contributed by atoms with Crippen molar-refractivity contribution >= 4 is 10.9 Å². The first kappa shape index (κ1) is 12.8. The van der Waals surface area contributed by atoms with E-state index >= 15 is 0 Å². The van der Waals surface area contributed by atoms with Gasteiger partial charge in [-0.15, -0.1) is 0 Å². The lowest BCUT2D eigenvalue weighted by atomic mass is 10.1. The van der Waals surface area contributed by atoms with E-state index in [0.717, 1.165) is 17.6 Å². The van der Waals surface area contributed by atoms with Gasteiger partial charge in [-0.05, 0) is 19.2 Å². The van der Waals surface area contributed by atoms with E-state index in [1.165, 1.54) is 11.1 Å². The maximum absolute atomic E-state index is 4.73. The normalized spacial score (nSPS) is 12.7. The number of likely N-dealkylation sites (N-methyl/N-ethyl adjacent to an activating group) is 1. The lowest BCUT2D eigenvalue weighted by Crippen LogP contribution is -2.21. The quantitative estimate of drug-likeness (QED) is 0.789. The van der Waals surface area contributed by atoms with Crippen LogP contribution in [0, 0.1) is 0 Å². The van der Waals surface area contributed by atoms with Gasteiger partial charge in [-0.2, -0.15) is 0 Å². The summed E-state index contributed by atoms with van der Waals surface area (Å²) in [5, 5.41) is 4.52. The molecule has 3 rings (SSSR count). The highest BCUT2D eigenvalue weighted by molar-refractivity contribution is 5.78. The molecule has 2 aromatic heterocycles. The molecule has 0 fully saturated rings. The van der Waals surface area contributed by atoms with E-state index < -0.39 is 0 Å². The summed E-state index contributed by atoms with van der Waals surface area (Å²) in [6.45, 7) is 0. The highest BCUT2D eigenvalue weighted by atomic mass is 15.1. The molecule has 1 N–H and O–H groups in total. The van der Waals surface area contributed by atoms with Crippen molar-refractivity contribution < 1.29 is 0 Å². The van der Waals surface area contributed by atoms with Crippen molar-refractivity contribution in [2.24, 2.45) is 7.05 Å². The lowest BCUT2D eigenvalue weighted by molar-refractivity contribution is 0.550. The number of hydrogen-bond donors (Lipinski definition) is 1. The Balaban J connectivity index is 1.89. The first-order chi connectivity index (χ1) is 9.78. The first-order valence-electron chi connectivity index (χ1n) is 6.76. The van der Waals surface area contributed by atoms with Crippen molar-refractivity contribution in [1.82, 2.24) is 19.9 Å². The van der Waals surface area contributed by atoms with Gasteiger partial charge in [0.2, 0.25) is 0 Å². The van der Waals surface area contributed by atoms with Gasteiger partial charge in [-0.3, -0.25) is 4.98 Å². The number of benzene rings is 1. The van der Waals surface area contributed by atoms with Crippen LogP contribution in [0.1, 0.15) is 17.4 Å². The third-order valence-electron chi connectivity index (χ3n) is 3.63. The zero-order valence-electron chi connectivity index (χ0n) is 11.7. The molecule has 0 radical (unpaired) electrons. The van der Waals surface area contributed by atoms with E-state index in [-0.39, 0.29) is 6.04 Å². The van der Waals surface area contributed by atoms with Crippen molar-refractivity contribution in [1.29, 1.82) is 0 Å². The molecule has 1 atom stereocenters. The van der Waals surface area contributed by atoms with E-state index in [1.807, 2.05) is 43.3 Å². The number of imidazole rings is 1. The number of hydrogen-bond acceptors (Lipinski definition) is 3. The predicted octanol–water partition coefficient (Wildman–Crippen LogP) is 2.47. The van der Waals surface area contributed by atoms with Gasteiger partial charge in [0.15, 0.2) is 0 Å². The van der Waals surface area contributed by atoms with Crippen molar-refractivity contribution in [2.75, 3.05) is 7.05 Å². The Labute approximate surface area is 118 Å². The van der Waals surface area contributed by atoms with Crippen molar-refractivity contribution in [3.63, 3.8) is 0 Å². The SMILES string of the molecule is CNC(Cc1ccc2ccccc2n1)c1cncn1C. The maximum Gasteiger partial charge on any atom is 0.0946 e. The molecule has 1 aromatic carbocycles. The Morgan fingerprint density at radius 3 is 2.80 bits per heavy atom. The number of nitrogens with one attached hydrogen (secondary N) is 1. The molecule has 0 spiro atoms. The molecule has 1 unspecified atom stereocenters. The van der Waals surface area contributed by atoms with E-state index in [1.54, 1.807) is 0 Å². The summed E-state index contributed by atoms with van der Waals surface area (Å²) in [7, 11) is 3.99. The highest BCUT2D eigenvalue weighted by Crippen LogP contribution is 2.18. The van der Waals surface area contributed by atoms with Crippen LogP contribution in [0.5, 0.6) is 0 Å². The average molecular weight is 266 g/mol. The number of rotatable bonds is 4. The van der Waals surface area contributed by atoms with Crippen LogP contribution in [0.2, 0.25) is 0 Å². The van der Waals surface area contributed by atoms with Crippen LogP contribution in [-0.4, -0.2) is 21.6 Å². The van der Waals surface area contributed by atoms with Gasteiger partial charge in [-0.1, -0.05) is 24.3 Å². The summed E-state index contributed by atoms with van der Waals surface area (Å²) in [5.74, 6) is 0. The van der Waals surface area contributed by atoms with Crippen molar-refractivity contribution in [3.8, 4) is 0 Å².